The third-order valence-corrected chi connectivity index (χ3v) is 12.8. The van der Waals surface area contributed by atoms with Crippen LogP contribution in [0.25, 0.3) is 0 Å². The molecule has 2 aliphatic rings. The van der Waals surface area contributed by atoms with Crippen LogP contribution in [0.2, 0.25) is 18.6 Å². The monoisotopic (exact) mass is 536 g/mol. The Labute approximate surface area is 224 Å². The molecule has 3 heterocycles. The van der Waals surface area contributed by atoms with Gasteiger partial charge < -0.3 is 24.6 Å². The molecule has 9 nitrogen and oxygen atoms in total. The molecule has 5 rings (SSSR count). The number of aromatic nitrogens is 3. The summed E-state index contributed by atoms with van der Waals surface area (Å²) in [5.41, 5.74) is 1.41. The molecule has 1 saturated heterocycles. The summed E-state index contributed by atoms with van der Waals surface area (Å²) in [4.78, 5) is 13.7. The van der Waals surface area contributed by atoms with E-state index >= 15 is 0 Å². The van der Waals surface area contributed by atoms with Gasteiger partial charge in [-0.2, -0.15) is 0 Å². The molecule has 1 amide bonds. The molecular formula is C28H36N4O5Si. The van der Waals surface area contributed by atoms with Gasteiger partial charge in [0.15, 0.2) is 5.60 Å². The van der Waals surface area contributed by atoms with Gasteiger partial charge in [0, 0.05) is 42.9 Å². The number of aryl methyl sites for hydroxylation is 1. The molecule has 38 heavy (non-hydrogen) atoms. The standard InChI is InChI=1S/C28H36N4O5Si/c1-18-26(38(4,5)22-9-6-20(35-2)7-10-22)25(12-14-32-17-19(13-15-33)30-31-32)37-28(18)23-16-21(36-3)8-11-24(23)29-27(28)34/h6-11,16-18,25-26,33H,12-15H2,1-5H3,(H,29,34)/t18-,25+,26-,28+/m0/s1. The smallest absolute Gasteiger partial charge is 0.261 e. The summed E-state index contributed by atoms with van der Waals surface area (Å²) < 4.78 is 19.7. The lowest BCUT2D eigenvalue weighted by molar-refractivity contribution is -0.143. The Morgan fingerprint density at radius 2 is 1.84 bits per heavy atom. The van der Waals surface area contributed by atoms with E-state index < -0.39 is 13.7 Å². The number of aliphatic hydroxyl groups excluding tert-OH is 1. The minimum absolute atomic E-state index is 0.0339. The van der Waals surface area contributed by atoms with Gasteiger partial charge in [0.05, 0.1) is 34.1 Å². The van der Waals surface area contributed by atoms with Crippen LogP contribution >= 0.6 is 0 Å². The van der Waals surface area contributed by atoms with Gasteiger partial charge in [-0.05, 0) is 42.3 Å². The fourth-order valence-electron chi connectivity index (χ4n) is 6.45. The van der Waals surface area contributed by atoms with Crippen molar-refractivity contribution >= 4 is 24.9 Å². The molecule has 1 aromatic heterocycles. The summed E-state index contributed by atoms with van der Waals surface area (Å²) in [6.07, 6.45) is 2.84. The molecule has 1 spiro atoms. The first kappa shape index (κ1) is 26.4. The number of anilines is 1. The van der Waals surface area contributed by atoms with Crippen LogP contribution in [-0.2, 0) is 28.1 Å². The second kappa shape index (κ2) is 10.2. The fourth-order valence-corrected chi connectivity index (χ4v) is 10.5. The first-order valence-electron chi connectivity index (χ1n) is 13.1. The number of rotatable bonds is 9. The first-order valence-corrected chi connectivity index (χ1v) is 16.1. The van der Waals surface area contributed by atoms with Crippen molar-refractivity contribution in [3.8, 4) is 11.5 Å². The third-order valence-electron chi connectivity index (χ3n) is 8.39. The van der Waals surface area contributed by atoms with Crippen molar-refractivity contribution in [2.75, 3.05) is 26.1 Å². The van der Waals surface area contributed by atoms with Gasteiger partial charge in [-0.3, -0.25) is 9.48 Å². The van der Waals surface area contributed by atoms with E-state index in [-0.39, 0.29) is 30.1 Å². The Morgan fingerprint density at radius 3 is 2.53 bits per heavy atom. The van der Waals surface area contributed by atoms with E-state index in [4.69, 9.17) is 14.2 Å². The molecule has 2 aromatic carbocycles. The van der Waals surface area contributed by atoms with Gasteiger partial charge in [-0.15, -0.1) is 5.10 Å². The number of ether oxygens (including phenoxy) is 3. The second-order valence-corrected chi connectivity index (χ2v) is 15.4. The zero-order chi connectivity index (χ0) is 27.1. The van der Waals surface area contributed by atoms with E-state index in [9.17, 15) is 9.90 Å². The summed E-state index contributed by atoms with van der Waals surface area (Å²) in [6, 6.07) is 14.0. The molecule has 0 aliphatic carbocycles. The van der Waals surface area contributed by atoms with Crippen molar-refractivity contribution in [1.82, 2.24) is 15.0 Å². The minimum Gasteiger partial charge on any atom is -0.497 e. The molecule has 0 bridgehead atoms. The van der Waals surface area contributed by atoms with Crippen LogP contribution in [0.3, 0.4) is 0 Å². The number of amides is 1. The van der Waals surface area contributed by atoms with E-state index in [0.717, 1.165) is 22.7 Å². The van der Waals surface area contributed by atoms with Crippen LogP contribution < -0.4 is 20.0 Å². The third kappa shape index (κ3) is 4.30. The predicted molar refractivity (Wildman–Crippen MR) is 147 cm³/mol. The topological polar surface area (TPSA) is 108 Å². The maximum absolute atomic E-state index is 13.7. The molecule has 202 valence electrons. The van der Waals surface area contributed by atoms with Gasteiger partial charge in [0.25, 0.3) is 5.91 Å². The lowest BCUT2D eigenvalue weighted by atomic mass is 9.82. The highest BCUT2D eigenvalue weighted by atomic mass is 28.3. The number of carbonyl (C=O) groups is 1. The number of methoxy groups -OCH3 is 2. The lowest BCUT2D eigenvalue weighted by Gasteiger charge is -2.37. The molecule has 0 unspecified atom stereocenters. The number of benzene rings is 2. The quantitative estimate of drug-likeness (QED) is 0.405. The fraction of sp³-hybridized carbons (Fsp3) is 0.464. The van der Waals surface area contributed by atoms with Crippen LogP contribution in [-0.4, -0.2) is 61.0 Å². The van der Waals surface area contributed by atoms with Gasteiger partial charge in [-0.25, -0.2) is 0 Å². The van der Waals surface area contributed by atoms with E-state index in [1.54, 1.807) is 18.9 Å². The largest absolute Gasteiger partial charge is 0.497 e. The average molecular weight is 537 g/mol. The summed E-state index contributed by atoms with van der Waals surface area (Å²) in [7, 11) is 1.11. The van der Waals surface area contributed by atoms with Gasteiger partial charge in [0.1, 0.15) is 11.5 Å². The highest BCUT2D eigenvalue weighted by Gasteiger charge is 2.64. The minimum atomic E-state index is -2.19. The van der Waals surface area contributed by atoms with Gasteiger partial charge in [0.2, 0.25) is 0 Å². The molecule has 2 N–H and O–H groups in total. The number of hydrogen-bond donors (Lipinski definition) is 2. The van der Waals surface area contributed by atoms with Crippen LogP contribution in [0.4, 0.5) is 5.69 Å². The molecule has 0 radical (unpaired) electrons. The predicted octanol–water partition coefficient (Wildman–Crippen LogP) is 3.09. The molecule has 10 heteroatoms. The summed E-state index contributed by atoms with van der Waals surface area (Å²) in [6.45, 7) is 7.51. The van der Waals surface area contributed by atoms with Gasteiger partial charge in [-0.1, -0.05) is 42.6 Å². The average Bonchev–Trinajstić information content (AvgIpc) is 3.58. The highest BCUT2D eigenvalue weighted by molar-refractivity contribution is 6.91. The van der Waals surface area contributed by atoms with E-state index in [2.05, 4.69) is 47.8 Å². The number of nitrogens with zero attached hydrogens (tertiary/aromatic N) is 3. The van der Waals surface area contributed by atoms with E-state index in [1.165, 1.54) is 5.19 Å². The molecule has 1 fully saturated rings. The highest BCUT2D eigenvalue weighted by Crippen LogP contribution is 2.59. The summed E-state index contributed by atoms with van der Waals surface area (Å²) >= 11 is 0. The molecule has 2 aliphatic heterocycles. The number of carbonyl (C=O) groups excluding carboxylic acids is 1. The lowest BCUT2D eigenvalue weighted by Crippen LogP contribution is -2.51. The maximum atomic E-state index is 13.7. The maximum Gasteiger partial charge on any atom is 0.261 e. The zero-order valence-corrected chi connectivity index (χ0v) is 23.6. The number of hydrogen-bond acceptors (Lipinski definition) is 7. The van der Waals surface area contributed by atoms with Crippen molar-refractivity contribution in [1.29, 1.82) is 0 Å². The van der Waals surface area contributed by atoms with Crippen molar-refractivity contribution in [2.45, 2.75) is 56.7 Å². The Hall–Kier alpha value is -3.21. The molecule has 0 saturated carbocycles. The van der Waals surface area contributed by atoms with Crippen molar-refractivity contribution < 1.29 is 24.1 Å². The molecule has 3 aromatic rings. The van der Waals surface area contributed by atoms with Crippen LogP contribution in [0.15, 0.2) is 48.7 Å². The summed E-state index contributed by atoms with van der Waals surface area (Å²) in [5.74, 6) is 1.32. The Bertz CT molecular complexity index is 1310. The Morgan fingerprint density at radius 1 is 1.13 bits per heavy atom. The number of aliphatic hydroxyl groups is 1. The van der Waals surface area contributed by atoms with Gasteiger partial charge >= 0.3 is 0 Å². The van der Waals surface area contributed by atoms with Crippen LogP contribution in [0.5, 0.6) is 11.5 Å². The first-order chi connectivity index (χ1) is 18.2. The zero-order valence-electron chi connectivity index (χ0n) is 22.6. The van der Waals surface area contributed by atoms with E-state index in [1.807, 2.05) is 36.5 Å². The molecular weight excluding hydrogens is 500 g/mol. The SMILES string of the molecule is COc1ccc([Si](C)(C)[C@@H]2[C@@H](CCn3cc(CCO)nn3)O[C@]3(C(=O)Nc4ccc(OC)cc43)[C@H]2C)cc1. The van der Waals surface area contributed by atoms with E-state index in [0.29, 0.717) is 25.1 Å². The normalized spacial score (nSPS) is 24.5. The summed E-state index contributed by atoms with van der Waals surface area (Å²) in [5, 5.41) is 22.0. The Kier molecular flexibility index (Phi) is 7.06. The molecule has 4 atom stereocenters. The van der Waals surface area contributed by atoms with Crippen LogP contribution in [0.1, 0.15) is 24.6 Å². The number of nitrogens with one attached hydrogen (secondary N) is 1. The van der Waals surface area contributed by atoms with Crippen LogP contribution in [0, 0.1) is 5.92 Å². The Balaban J connectivity index is 1.54. The number of fused-ring (bicyclic) bond motifs is 2. The second-order valence-electron chi connectivity index (χ2n) is 10.8. The van der Waals surface area contributed by atoms with Crippen molar-refractivity contribution in [2.24, 2.45) is 5.92 Å². The van der Waals surface area contributed by atoms with Crippen molar-refractivity contribution in [3.05, 3.63) is 59.9 Å². The van der Waals surface area contributed by atoms with Crippen molar-refractivity contribution in [3.63, 3.8) is 0 Å².